The van der Waals surface area contributed by atoms with Gasteiger partial charge < -0.3 is 21.5 Å². The lowest BCUT2D eigenvalue weighted by molar-refractivity contribution is -0.117. The second kappa shape index (κ2) is 8.10. The molecule has 2 aromatic heterocycles. The molecule has 0 radical (unpaired) electrons. The zero-order valence-electron chi connectivity index (χ0n) is 17.1. The van der Waals surface area contributed by atoms with Crippen molar-refractivity contribution in [2.45, 2.75) is 25.8 Å². The van der Waals surface area contributed by atoms with Crippen LogP contribution in [0.5, 0.6) is 0 Å². The number of carbonyl (C=O) groups is 4. The van der Waals surface area contributed by atoms with Crippen molar-refractivity contribution in [3.05, 3.63) is 64.1 Å². The van der Waals surface area contributed by atoms with Gasteiger partial charge in [0.15, 0.2) is 5.65 Å². The first-order valence-corrected chi connectivity index (χ1v) is 9.84. The summed E-state index contributed by atoms with van der Waals surface area (Å²) in [5.74, 6) is -2.81. The van der Waals surface area contributed by atoms with Crippen LogP contribution in [0.4, 0.5) is 0 Å². The number of aromatic carboxylic acids is 1. The monoisotopic (exact) mass is 436 g/mol. The van der Waals surface area contributed by atoms with Gasteiger partial charge in [-0.15, -0.1) is 0 Å². The van der Waals surface area contributed by atoms with Gasteiger partial charge in [-0.05, 0) is 42.5 Å². The number of nitrogens with two attached hydrogens (primary N) is 1. The molecule has 5 N–H and O–H groups in total. The van der Waals surface area contributed by atoms with Gasteiger partial charge in [0.1, 0.15) is 11.4 Å². The van der Waals surface area contributed by atoms with Crippen LogP contribution in [0.25, 0.3) is 5.65 Å². The van der Waals surface area contributed by atoms with Crippen molar-refractivity contribution in [2.75, 3.05) is 6.54 Å². The topological polar surface area (TPSA) is 169 Å². The van der Waals surface area contributed by atoms with E-state index in [1.54, 1.807) is 25.1 Å². The first kappa shape index (κ1) is 21.0. The second-order valence-corrected chi connectivity index (χ2v) is 7.45. The van der Waals surface area contributed by atoms with E-state index in [1.807, 2.05) is 0 Å². The van der Waals surface area contributed by atoms with Gasteiger partial charge in [0.2, 0.25) is 5.91 Å². The van der Waals surface area contributed by atoms with E-state index in [0.717, 1.165) is 11.1 Å². The number of fused-ring (bicyclic) bond motifs is 2. The fourth-order valence-electron chi connectivity index (χ4n) is 3.94. The number of aromatic nitrogens is 3. The number of carboxylic acid groups (broad SMARTS) is 1. The van der Waals surface area contributed by atoms with E-state index < -0.39 is 23.7 Å². The van der Waals surface area contributed by atoms with E-state index in [1.165, 1.54) is 16.8 Å². The normalized spacial score (nSPS) is 14.7. The van der Waals surface area contributed by atoms with Crippen molar-refractivity contribution in [3.63, 3.8) is 0 Å². The van der Waals surface area contributed by atoms with Gasteiger partial charge in [0.25, 0.3) is 11.8 Å². The highest BCUT2D eigenvalue weighted by molar-refractivity contribution is 5.99. The van der Waals surface area contributed by atoms with E-state index in [4.69, 9.17) is 5.73 Å². The third kappa shape index (κ3) is 3.75. The van der Waals surface area contributed by atoms with Gasteiger partial charge >= 0.3 is 5.97 Å². The summed E-state index contributed by atoms with van der Waals surface area (Å²) in [5, 5.41) is 18.7. The minimum Gasteiger partial charge on any atom is -0.478 e. The Kier molecular flexibility index (Phi) is 5.31. The molecule has 0 spiro atoms. The summed E-state index contributed by atoms with van der Waals surface area (Å²) >= 11 is 0. The van der Waals surface area contributed by atoms with Crippen LogP contribution in [-0.4, -0.2) is 49.9 Å². The van der Waals surface area contributed by atoms with Crippen LogP contribution in [0.3, 0.4) is 0 Å². The van der Waals surface area contributed by atoms with Crippen molar-refractivity contribution in [1.82, 2.24) is 25.2 Å². The van der Waals surface area contributed by atoms with Crippen LogP contribution in [0.1, 0.15) is 60.5 Å². The summed E-state index contributed by atoms with van der Waals surface area (Å²) in [4.78, 5) is 51.9. The summed E-state index contributed by atoms with van der Waals surface area (Å²) in [7, 11) is 0. The molecule has 11 nitrogen and oxygen atoms in total. The lowest BCUT2D eigenvalue weighted by Gasteiger charge is -2.16. The van der Waals surface area contributed by atoms with Crippen LogP contribution >= 0.6 is 0 Å². The molecular weight excluding hydrogens is 416 g/mol. The number of carboxylic acids is 1. The first-order chi connectivity index (χ1) is 15.3. The van der Waals surface area contributed by atoms with Crippen LogP contribution in [0.15, 0.2) is 30.5 Å². The van der Waals surface area contributed by atoms with Crippen LogP contribution in [-0.2, 0) is 11.2 Å². The first-order valence-electron chi connectivity index (χ1n) is 9.84. The highest BCUT2D eigenvalue weighted by atomic mass is 16.4. The molecule has 2 heterocycles. The standard InChI is InChI=1S/C21H20N6O5/c1-10-11-4-5-14(13(11)3-2-12(10)21(31)32)26-20(30)16-8-15(19(29)23-9-17(22)28)25-18-6-7-24-27(16)18/h2-3,6-8,14H,4-5,9H2,1H3,(H2,22,28)(H,23,29)(H,26,30)(H,31,32)/t14-/m0/s1. The Balaban J connectivity index is 1.62. The van der Waals surface area contributed by atoms with Crippen molar-refractivity contribution < 1.29 is 24.3 Å². The molecule has 1 aliphatic rings. The average Bonchev–Trinajstić information content (AvgIpc) is 3.38. The lowest BCUT2D eigenvalue weighted by atomic mass is 9.98. The molecule has 0 aliphatic heterocycles. The highest BCUT2D eigenvalue weighted by Gasteiger charge is 2.28. The highest BCUT2D eigenvalue weighted by Crippen LogP contribution is 2.34. The Morgan fingerprint density at radius 1 is 1.22 bits per heavy atom. The number of nitrogens with zero attached hydrogens (tertiary/aromatic N) is 3. The largest absolute Gasteiger partial charge is 0.478 e. The number of benzene rings is 1. The Labute approximate surface area is 181 Å². The predicted octanol–water partition coefficient (Wildman–Crippen LogP) is 0.368. The molecule has 164 valence electrons. The molecule has 11 heteroatoms. The number of nitrogens with one attached hydrogen (secondary N) is 2. The SMILES string of the molecule is Cc1c(C(=O)O)ccc2c1CC[C@@H]2NC(=O)c1cc(C(=O)NCC(N)=O)nc2ccnn12. The smallest absolute Gasteiger partial charge is 0.335 e. The van der Waals surface area contributed by atoms with Crippen LogP contribution in [0.2, 0.25) is 0 Å². The molecule has 0 bridgehead atoms. The summed E-state index contributed by atoms with van der Waals surface area (Å²) in [6, 6.07) is 5.79. The molecule has 32 heavy (non-hydrogen) atoms. The maximum atomic E-state index is 13.1. The minimum atomic E-state index is -0.988. The molecule has 4 rings (SSSR count). The second-order valence-electron chi connectivity index (χ2n) is 7.45. The molecule has 0 saturated heterocycles. The molecule has 0 unspecified atom stereocenters. The van der Waals surface area contributed by atoms with Gasteiger partial charge in [-0.1, -0.05) is 6.07 Å². The number of carbonyl (C=O) groups excluding carboxylic acids is 3. The molecule has 3 aromatic rings. The van der Waals surface area contributed by atoms with Crippen LogP contribution in [0, 0.1) is 6.92 Å². The summed E-state index contributed by atoms with van der Waals surface area (Å²) in [6.45, 7) is 1.41. The molecule has 1 atom stereocenters. The number of rotatable bonds is 6. The number of hydrogen-bond donors (Lipinski definition) is 4. The fraction of sp³-hybridized carbons (Fsp3) is 0.238. The van der Waals surface area contributed by atoms with E-state index in [9.17, 15) is 24.3 Å². The molecule has 3 amide bonds. The van der Waals surface area contributed by atoms with E-state index in [2.05, 4.69) is 20.7 Å². The number of primary amides is 1. The van der Waals surface area contributed by atoms with Gasteiger partial charge in [0, 0.05) is 12.1 Å². The maximum absolute atomic E-state index is 13.1. The zero-order chi connectivity index (χ0) is 23.0. The summed E-state index contributed by atoms with van der Waals surface area (Å²) in [5.41, 5.74) is 8.10. The van der Waals surface area contributed by atoms with Gasteiger partial charge in [-0.25, -0.2) is 14.3 Å². The third-order valence-electron chi connectivity index (χ3n) is 5.48. The number of hydrogen-bond acceptors (Lipinski definition) is 6. The Hall–Kier alpha value is -4.28. The van der Waals surface area contributed by atoms with Crippen LogP contribution < -0.4 is 16.4 Å². The van der Waals surface area contributed by atoms with Crippen molar-refractivity contribution >= 4 is 29.3 Å². The maximum Gasteiger partial charge on any atom is 0.335 e. The molecule has 0 fully saturated rings. The molecule has 1 aliphatic carbocycles. The Morgan fingerprint density at radius 2 is 2.00 bits per heavy atom. The van der Waals surface area contributed by atoms with E-state index in [-0.39, 0.29) is 35.2 Å². The van der Waals surface area contributed by atoms with E-state index >= 15 is 0 Å². The van der Waals surface area contributed by atoms with Gasteiger partial charge in [-0.2, -0.15) is 5.10 Å². The zero-order valence-corrected chi connectivity index (χ0v) is 17.1. The Bertz CT molecular complexity index is 1280. The van der Waals surface area contributed by atoms with Gasteiger partial charge in [-0.3, -0.25) is 14.4 Å². The molecule has 0 saturated carbocycles. The van der Waals surface area contributed by atoms with E-state index in [0.29, 0.717) is 18.4 Å². The van der Waals surface area contributed by atoms with Crippen molar-refractivity contribution in [3.8, 4) is 0 Å². The average molecular weight is 436 g/mol. The quantitative estimate of drug-likeness (QED) is 0.432. The molecule has 1 aromatic carbocycles. The Morgan fingerprint density at radius 3 is 2.72 bits per heavy atom. The minimum absolute atomic E-state index is 0.0573. The predicted molar refractivity (Wildman–Crippen MR) is 111 cm³/mol. The van der Waals surface area contributed by atoms with Gasteiger partial charge in [0.05, 0.1) is 24.3 Å². The third-order valence-corrected chi connectivity index (χ3v) is 5.48. The summed E-state index contributed by atoms with van der Waals surface area (Å²) in [6.07, 6.45) is 2.71. The number of amides is 3. The lowest BCUT2D eigenvalue weighted by Crippen LogP contribution is -2.34. The fourth-order valence-corrected chi connectivity index (χ4v) is 3.94. The summed E-state index contributed by atoms with van der Waals surface area (Å²) < 4.78 is 1.31. The molecular formula is C21H20N6O5. The van der Waals surface area contributed by atoms with Crippen molar-refractivity contribution in [1.29, 1.82) is 0 Å². The van der Waals surface area contributed by atoms with Crippen molar-refractivity contribution in [2.24, 2.45) is 5.73 Å².